The van der Waals surface area contributed by atoms with Crippen molar-refractivity contribution in [2.45, 2.75) is 13.1 Å². The molecule has 2 N–H and O–H groups in total. The lowest BCUT2D eigenvalue weighted by atomic mass is 10.1. The molecule has 3 rings (SSSR count). The highest BCUT2D eigenvalue weighted by atomic mass is 19.1. The first-order valence-corrected chi connectivity index (χ1v) is 6.51. The molecule has 104 valence electrons. The lowest BCUT2D eigenvalue weighted by Gasteiger charge is -2.08. The number of rotatable bonds is 2. The van der Waals surface area contributed by atoms with Gasteiger partial charge in [0.15, 0.2) is 0 Å². The van der Waals surface area contributed by atoms with Crippen molar-refractivity contribution < 1.29 is 9.18 Å². The van der Waals surface area contributed by atoms with Crippen molar-refractivity contribution in [2.75, 3.05) is 5.32 Å². The van der Waals surface area contributed by atoms with Crippen LogP contribution in [-0.4, -0.2) is 5.91 Å². The third-order valence-corrected chi connectivity index (χ3v) is 3.45. The van der Waals surface area contributed by atoms with E-state index in [0.717, 1.165) is 24.7 Å². The van der Waals surface area contributed by atoms with Gasteiger partial charge in [0.2, 0.25) is 0 Å². The minimum Gasteiger partial charge on any atom is -0.321 e. The number of anilines is 1. The first kappa shape index (κ1) is 13.3. The highest BCUT2D eigenvalue weighted by Gasteiger charge is 2.14. The van der Waals surface area contributed by atoms with E-state index in [1.807, 2.05) is 18.2 Å². The molecular weight excluding hydrogens is 269 g/mol. The second-order valence-electron chi connectivity index (χ2n) is 4.84. The minimum absolute atomic E-state index is 0.103. The van der Waals surface area contributed by atoms with Gasteiger partial charge in [-0.15, -0.1) is 0 Å². The van der Waals surface area contributed by atoms with E-state index in [1.54, 1.807) is 6.07 Å². The normalized spacial score (nSPS) is 12.6. The number of nitrogens with zero attached hydrogens (tertiary/aromatic N) is 1. The molecule has 1 aliphatic heterocycles. The van der Waals surface area contributed by atoms with Gasteiger partial charge in [-0.3, -0.25) is 4.79 Å². The maximum absolute atomic E-state index is 13.1. The average Bonchev–Trinajstić information content (AvgIpc) is 2.96. The summed E-state index contributed by atoms with van der Waals surface area (Å²) >= 11 is 0. The Bertz CT molecular complexity index is 765. The molecule has 2 aromatic carbocycles. The van der Waals surface area contributed by atoms with E-state index in [1.165, 1.54) is 17.7 Å². The van der Waals surface area contributed by atoms with Crippen molar-refractivity contribution >= 4 is 11.6 Å². The molecule has 2 aromatic rings. The summed E-state index contributed by atoms with van der Waals surface area (Å²) in [5, 5.41) is 14.8. The number of nitriles is 1. The third kappa shape index (κ3) is 2.62. The fraction of sp³-hybridized carbons (Fsp3) is 0.125. The lowest BCUT2D eigenvalue weighted by molar-refractivity contribution is 0.102. The van der Waals surface area contributed by atoms with E-state index in [2.05, 4.69) is 10.6 Å². The molecule has 0 atom stereocenters. The predicted octanol–water partition coefficient (Wildman–Crippen LogP) is 2.55. The summed E-state index contributed by atoms with van der Waals surface area (Å²) in [4.78, 5) is 12.2. The number of amides is 1. The van der Waals surface area contributed by atoms with Gasteiger partial charge < -0.3 is 10.6 Å². The van der Waals surface area contributed by atoms with E-state index in [9.17, 15) is 9.18 Å². The van der Waals surface area contributed by atoms with Gasteiger partial charge in [-0.25, -0.2) is 4.39 Å². The molecule has 1 amide bonds. The minimum atomic E-state index is -0.506. The summed E-state index contributed by atoms with van der Waals surface area (Å²) in [5.74, 6) is -0.819. The molecule has 0 radical (unpaired) electrons. The van der Waals surface area contributed by atoms with E-state index in [-0.39, 0.29) is 11.5 Å². The van der Waals surface area contributed by atoms with Gasteiger partial charge in [0, 0.05) is 18.7 Å². The topological polar surface area (TPSA) is 64.9 Å². The summed E-state index contributed by atoms with van der Waals surface area (Å²) in [7, 11) is 0. The van der Waals surface area contributed by atoms with Crippen LogP contribution in [0.4, 0.5) is 10.1 Å². The van der Waals surface area contributed by atoms with Crippen molar-refractivity contribution in [1.29, 1.82) is 5.26 Å². The number of hydrogen-bond acceptors (Lipinski definition) is 3. The average molecular weight is 281 g/mol. The van der Waals surface area contributed by atoms with E-state index in [4.69, 9.17) is 5.26 Å². The molecule has 1 aliphatic rings. The molecule has 21 heavy (non-hydrogen) atoms. The second-order valence-corrected chi connectivity index (χ2v) is 4.84. The predicted molar refractivity (Wildman–Crippen MR) is 76.1 cm³/mol. The molecule has 0 aromatic heterocycles. The molecule has 0 aliphatic carbocycles. The molecular formula is C16H12FN3O. The molecule has 1 heterocycles. The van der Waals surface area contributed by atoms with Gasteiger partial charge in [-0.1, -0.05) is 6.07 Å². The number of carbonyl (C=O) groups excluding carboxylic acids is 1. The number of fused-ring (bicyclic) bond motifs is 1. The summed E-state index contributed by atoms with van der Waals surface area (Å²) in [6.07, 6.45) is 0. The van der Waals surface area contributed by atoms with Crippen LogP contribution in [0.25, 0.3) is 0 Å². The Balaban J connectivity index is 1.85. The van der Waals surface area contributed by atoms with Crippen molar-refractivity contribution in [3.63, 3.8) is 0 Å². The fourth-order valence-corrected chi connectivity index (χ4v) is 2.35. The quantitative estimate of drug-likeness (QED) is 0.889. The summed E-state index contributed by atoms with van der Waals surface area (Å²) in [6, 6.07) is 11.1. The Morgan fingerprint density at radius 2 is 2.00 bits per heavy atom. The van der Waals surface area contributed by atoms with Crippen LogP contribution in [0.5, 0.6) is 0 Å². The van der Waals surface area contributed by atoms with Gasteiger partial charge in [-0.05, 0) is 41.5 Å². The van der Waals surface area contributed by atoms with Gasteiger partial charge >= 0.3 is 0 Å². The first-order valence-electron chi connectivity index (χ1n) is 6.51. The van der Waals surface area contributed by atoms with Gasteiger partial charge in [0.25, 0.3) is 5.91 Å². The van der Waals surface area contributed by atoms with E-state index >= 15 is 0 Å². The SMILES string of the molecule is N#Cc1cc(F)ccc1NC(=O)c1ccc2c(c1)CNC2. The highest BCUT2D eigenvalue weighted by molar-refractivity contribution is 6.05. The molecule has 5 heteroatoms. The van der Waals surface area contributed by atoms with Gasteiger partial charge in [-0.2, -0.15) is 5.26 Å². The number of hydrogen-bond donors (Lipinski definition) is 2. The van der Waals surface area contributed by atoms with Crippen molar-refractivity contribution in [2.24, 2.45) is 0 Å². The zero-order chi connectivity index (χ0) is 14.8. The number of nitrogens with one attached hydrogen (secondary N) is 2. The second kappa shape index (κ2) is 5.35. The van der Waals surface area contributed by atoms with Crippen LogP contribution in [0.3, 0.4) is 0 Å². The molecule has 0 saturated carbocycles. The van der Waals surface area contributed by atoms with Crippen molar-refractivity contribution in [3.05, 3.63) is 64.5 Å². The van der Waals surface area contributed by atoms with Crippen LogP contribution in [0.2, 0.25) is 0 Å². The van der Waals surface area contributed by atoms with Crippen LogP contribution in [0.15, 0.2) is 36.4 Å². The van der Waals surface area contributed by atoms with Crippen molar-refractivity contribution in [1.82, 2.24) is 5.32 Å². The zero-order valence-electron chi connectivity index (χ0n) is 11.1. The maximum atomic E-state index is 13.1. The van der Waals surface area contributed by atoms with E-state index in [0.29, 0.717) is 11.3 Å². The molecule has 4 nitrogen and oxygen atoms in total. The van der Waals surface area contributed by atoms with Crippen LogP contribution in [0, 0.1) is 17.1 Å². The largest absolute Gasteiger partial charge is 0.321 e. The summed E-state index contributed by atoms with van der Waals surface area (Å²) in [5.41, 5.74) is 3.22. The number of benzene rings is 2. The Kier molecular flexibility index (Phi) is 3.38. The molecule has 0 bridgehead atoms. The van der Waals surface area contributed by atoms with Gasteiger partial charge in [0.05, 0.1) is 11.3 Å². The monoisotopic (exact) mass is 281 g/mol. The highest BCUT2D eigenvalue weighted by Crippen LogP contribution is 2.20. The Hall–Kier alpha value is -2.71. The van der Waals surface area contributed by atoms with Crippen LogP contribution in [-0.2, 0) is 13.1 Å². The fourth-order valence-electron chi connectivity index (χ4n) is 2.35. The number of halogens is 1. The van der Waals surface area contributed by atoms with Crippen molar-refractivity contribution in [3.8, 4) is 6.07 Å². The molecule has 0 unspecified atom stereocenters. The van der Waals surface area contributed by atoms with Crippen LogP contribution >= 0.6 is 0 Å². The Labute approximate surface area is 121 Å². The first-order chi connectivity index (χ1) is 10.2. The maximum Gasteiger partial charge on any atom is 0.255 e. The van der Waals surface area contributed by atoms with Crippen LogP contribution < -0.4 is 10.6 Å². The number of carbonyl (C=O) groups is 1. The zero-order valence-corrected chi connectivity index (χ0v) is 11.1. The van der Waals surface area contributed by atoms with E-state index < -0.39 is 5.82 Å². The molecule has 0 spiro atoms. The summed E-state index contributed by atoms with van der Waals surface area (Å²) < 4.78 is 13.1. The molecule has 0 saturated heterocycles. The van der Waals surface area contributed by atoms with Crippen LogP contribution in [0.1, 0.15) is 27.0 Å². The standard InChI is InChI=1S/C16H12FN3O/c17-14-3-4-15(12(6-14)7-18)20-16(21)10-1-2-11-8-19-9-13(11)5-10/h1-6,19H,8-9H2,(H,20,21). The summed E-state index contributed by atoms with van der Waals surface area (Å²) in [6.45, 7) is 1.56. The Morgan fingerprint density at radius 3 is 2.81 bits per heavy atom. The van der Waals surface area contributed by atoms with Gasteiger partial charge in [0.1, 0.15) is 11.9 Å². The third-order valence-electron chi connectivity index (χ3n) is 3.45. The molecule has 0 fully saturated rings. The smallest absolute Gasteiger partial charge is 0.255 e. The Morgan fingerprint density at radius 1 is 1.19 bits per heavy atom. The lowest BCUT2D eigenvalue weighted by Crippen LogP contribution is -2.13.